The average Bonchev–Trinajstić information content (AvgIpc) is 3.04. The van der Waals surface area contributed by atoms with Crippen LogP contribution in [0.1, 0.15) is 32.5 Å². The fourth-order valence-electron chi connectivity index (χ4n) is 3.59. The van der Waals surface area contributed by atoms with Crippen LogP contribution in [-0.2, 0) is 13.1 Å². The molecule has 0 bridgehead atoms. The molecule has 1 aromatic carbocycles. The first-order valence-corrected chi connectivity index (χ1v) is 9.47. The highest BCUT2D eigenvalue weighted by atomic mass is 35.5. The molecule has 4 aromatic rings. The lowest BCUT2D eigenvalue weighted by Gasteiger charge is -2.10. The van der Waals surface area contributed by atoms with Gasteiger partial charge >= 0.3 is 5.69 Å². The lowest BCUT2D eigenvalue weighted by Crippen LogP contribution is -2.40. The molecule has 0 saturated heterocycles. The minimum absolute atomic E-state index is 0.312. The highest BCUT2D eigenvalue weighted by Crippen LogP contribution is 2.25. The lowest BCUT2D eigenvalue weighted by molar-refractivity contribution is 0.555. The molecule has 0 spiro atoms. The van der Waals surface area contributed by atoms with E-state index in [0.717, 1.165) is 17.3 Å². The van der Waals surface area contributed by atoms with Gasteiger partial charge in [0.15, 0.2) is 16.8 Å². The summed E-state index contributed by atoms with van der Waals surface area (Å²) in [7, 11) is 0. The first-order valence-electron chi connectivity index (χ1n) is 9.09. The van der Waals surface area contributed by atoms with Gasteiger partial charge in [0.25, 0.3) is 5.56 Å². The highest BCUT2D eigenvalue weighted by molar-refractivity contribution is 6.31. The summed E-state index contributed by atoms with van der Waals surface area (Å²) in [5.41, 5.74) is 1.48. The summed E-state index contributed by atoms with van der Waals surface area (Å²) in [5, 5.41) is 1.32. The Morgan fingerprint density at radius 3 is 2.41 bits per heavy atom. The Kier molecular flexibility index (Phi) is 4.26. The van der Waals surface area contributed by atoms with Gasteiger partial charge in [-0.05, 0) is 38.0 Å². The third-order valence-electron chi connectivity index (χ3n) is 4.72. The zero-order valence-electron chi connectivity index (χ0n) is 15.5. The minimum atomic E-state index is -0.331. The molecule has 7 nitrogen and oxygen atoms in total. The molecule has 0 aliphatic heterocycles. The Labute approximate surface area is 159 Å². The average molecular weight is 386 g/mol. The van der Waals surface area contributed by atoms with Crippen LogP contribution in [0.2, 0.25) is 5.02 Å². The summed E-state index contributed by atoms with van der Waals surface area (Å²) >= 11 is 6.18. The summed E-state index contributed by atoms with van der Waals surface area (Å²) in [5.74, 6) is 0.643. The van der Waals surface area contributed by atoms with Crippen molar-refractivity contribution in [2.75, 3.05) is 0 Å². The quantitative estimate of drug-likeness (QED) is 0.541. The maximum atomic E-state index is 13.2. The van der Waals surface area contributed by atoms with Gasteiger partial charge in [-0.1, -0.05) is 25.4 Å². The maximum absolute atomic E-state index is 13.2. The molecule has 27 heavy (non-hydrogen) atoms. The van der Waals surface area contributed by atoms with Crippen LogP contribution in [0, 0.1) is 6.92 Å². The van der Waals surface area contributed by atoms with Crippen molar-refractivity contribution < 1.29 is 0 Å². The molecular weight excluding hydrogens is 366 g/mol. The maximum Gasteiger partial charge on any atom is 0.332 e. The molecule has 3 aromatic heterocycles. The predicted octanol–water partition coefficient (Wildman–Crippen LogP) is 3.14. The molecule has 140 valence electrons. The Morgan fingerprint density at radius 2 is 1.70 bits per heavy atom. The van der Waals surface area contributed by atoms with Crippen molar-refractivity contribution in [1.82, 2.24) is 23.5 Å². The molecule has 0 aliphatic rings. The summed E-state index contributed by atoms with van der Waals surface area (Å²) < 4.78 is 4.64. The molecular formula is C19H20ClN5O2. The van der Waals surface area contributed by atoms with Crippen molar-refractivity contribution in [2.45, 2.75) is 46.7 Å². The molecule has 8 heteroatoms. The number of aromatic nitrogens is 5. The van der Waals surface area contributed by atoms with Crippen LogP contribution in [0.25, 0.3) is 27.7 Å². The number of nitrogens with zero attached hydrogens (tertiary/aromatic N) is 5. The third-order valence-corrected chi connectivity index (χ3v) is 4.96. The summed E-state index contributed by atoms with van der Waals surface area (Å²) in [4.78, 5) is 35.4. The standard InChI is InChI=1S/C19H20ClN5O2/c1-4-8-23-17-15(18(26)24(9-5-2)19(23)27)25-11(3)21-14-7-6-12(20)10-13(14)16(25)22-17/h6-7,10H,4-5,8-9H2,1-3H3. The van der Waals surface area contributed by atoms with Gasteiger partial charge in [0, 0.05) is 23.5 Å². The second-order valence-corrected chi connectivity index (χ2v) is 7.09. The predicted molar refractivity (Wildman–Crippen MR) is 107 cm³/mol. The molecule has 0 atom stereocenters. The fourth-order valence-corrected chi connectivity index (χ4v) is 3.76. The smallest absolute Gasteiger partial charge is 0.276 e. The zero-order chi connectivity index (χ0) is 19.3. The normalized spacial score (nSPS) is 11.9. The van der Waals surface area contributed by atoms with Crippen LogP contribution < -0.4 is 11.2 Å². The second kappa shape index (κ2) is 6.49. The molecule has 0 aliphatic carbocycles. The monoisotopic (exact) mass is 385 g/mol. The molecule has 0 radical (unpaired) electrons. The van der Waals surface area contributed by atoms with Gasteiger partial charge in [0.05, 0.1) is 5.52 Å². The topological polar surface area (TPSA) is 74.2 Å². The zero-order valence-corrected chi connectivity index (χ0v) is 16.2. The number of rotatable bonds is 4. The van der Waals surface area contributed by atoms with E-state index in [0.29, 0.717) is 47.2 Å². The van der Waals surface area contributed by atoms with Crippen molar-refractivity contribution in [3.8, 4) is 0 Å². The molecule has 0 amide bonds. The van der Waals surface area contributed by atoms with Gasteiger partial charge in [0.1, 0.15) is 5.82 Å². The van der Waals surface area contributed by atoms with E-state index in [1.807, 2.05) is 26.8 Å². The van der Waals surface area contributed by atoms with Gasteiger partial charge in [-0.3, -0.25) is 18.3 Å². The summed E-state index contributed by atoms with van der Waals surface area (Å²) in [6.07, 6.45) is 1.45. The van der Waals surface area contributed by atoms with E-state index in [1.54, 1.807) is 21.1 Å². The molecule has 3 heterocycles. The Bertz CT molecular complexity index is 1320. The molecule has 0 saturated carbocycles. The van der Waals surface area contributed by atoms with Gasteiger partial charge < -0.3 is 0 Å². The van der Waals surface area contributed by atoms with Crippen LogP contribution in [0.4, 0.5) is 0 Å². The molecule has 4 rings (SSSR count). The third kappa shape index (κ3) is 2.56. The van der Waals surface area contributed by atoms with Gasteiger partial charge in [-0.25, -0.2) is 14.8 Å². The number of aryl methyl sites for hydroxylation is 2. The first-order chi connectivity index (χ1) is 13.0. The van der Waals surface area contributed by atoms with E-state index in [9.17, 15) is 9.59 Å². The van der Waals surface area contributed by atoms with E-state index >= 15 is 0 Å². The van der Waals surface area contributed by atoms with Gasteiger partial charge in [-0.15, -0.1) is 0 Å². The van der Waals surface area contributed by atoms with Crippen molar-refractivity contribution in [3.63, 3.8) is 0 Å². The minimum Gasteiger partial charge on any atom is -0.276 e. The van der Waals surface area contributed by atoms with Crippen LogP contribution >= 0.6 is 11.6 Å². The summed E-state index contributed by atoms with van der Waals surface area (Å²) in [6, 6.07) is 5.40. The lowest BCUT2D eigenvalue weighted by atomic mass is 10.2. The Morgan fingerprint density at radius 1 is 1.00 bits per heavy atom. The van der Waals surface area contributed by atoms with Crippen LogP contribution in [0.5, 0.6) is 0 Å². The van der Waals surface area contributed by atoms with E-state index in [1.165, 1.54) is 4.57 Å². The fraction of sp³-hybridized carbons (Fsp3) is 0.368. The molecule has 0 unspecified atom stereocenters. The van der Waals surface area contributed by atoms with E-state index in [4.69, 9.17) is 16.6 Å². The highest BCUT2D eigenvalue weighted by Gasteiger charge is 2.21. The van der Waals surface area contributed by atoms with Crippen LogP contribution in [0.3, 0.4) is 0 Å². The van der Waals surface area contributed by atoms with Gasteiger partial charge in [0.2, 0.25) is 0 Å². The van der Waals surface area contributed by atoms with Crippen molar-refractivity contribution in [2.24, 2.45) is 0 Å². The number of hydrogen-bond donors (Lipinski definition) is 0. The number of benzene rings is 1. The van der Waals surface area contributed by atoms with Crippen molar-refractivity contribution in [1.29, 1.82) is 0 Å². The van der Waals surface area contributed by atoms with Crippen molar-refractivity contribution in [3.05, 3.63) is 49.9 Å². The van der Waals surface area contributed by atoms with E-state index < -0.39 is 0 Å². The van der Waals surface area contributed by atoms with Crippen LogP contribution in [0.15, 0.2) is 27.8 Å². The Hall–Kier alpha value is -2.67. The largest absolute Gasteiger partial charge is 0.332 e. The van der Waals surface area contributed by atoms with Crippen molar-refractivity contribution >= 4 is 39.3 Å². The number of halogens is 1. The first kappa shape index (κ1) is 17.7. The second-order valence-electron chi connectivity index (χ2n) is 6.65. The SMILES string of the molecule is CCCn1c(=O)c2c(nc3c4cc(Cl)ccc4nc(C)n32)n(CCC)c1=O. The summed E-state index contributed by atoms with van der Waals surface area (Å²) in [6.45, 7) is 6.63. The Balaban J connectivity index is 2.30. The number of hydrogen-bond acceptors (Lipinski definition) is 4. The van der Waals surface area contributed by atoms with E-state index in [-0.39, 0.29) is 11.2 Å². The number of imidazole rings is 1. The van der Waals surface area contributed by atoms with E-state index in [2.05, 4.69) is 4.98 Å². The van der Waals surface area contributed by atoms with Crippen LogP contribution in [-0.4, -0.2) is 23.5 Å². The molecule has 0 fully saturated rings. The van der Waals surface area contributed by atoms with Gasteiger partial charge in [-0.2, -0.15) is 0 Å². The molecule has 0 N–H and O–H groups in total. The number of fused-ring (bicyclic) bond motifs is 5.